The van der Waals surface area contributed by atoms with Gasteiger partial charge in [-0.25, -0.2) is 9.07 Å². The van der Waals surface area contributed by atoms with Crippen molar-refractivity contribution in [3.8, 4) is 0 Å². The van der Waals surface area contributed by atoms with E-state index in [2.05, 4.69) is 10.3 Å². The van der Waals surface area contributed by atoms with Gasteiger partial charge in [0, 0.05) is 75.5 Å². The van der Waals surface area contributed by atoms with E-state index >= 15 is 0 Å². The van der Waals surface area contributed by atoms with Crippen molar-refractivity contribution in [1.82, 2.24) is 24.8 Å². The number of benzene rings is 1. The van der Waals surface area contributed by atoms with E-state index in [1.54, 1.807) is 47.7 Å². The van der Waals surface area contributed by atoms with Gasteiger partial charge in [-0.1, -0.05) is 31.2 Å². The van der Waals surface area contributed by atoms with Crippen molar-refractivity contribution in [3.63, 3.8) is 0 Å². The number of carbonyl (C=O) groups excluding carboxylic acids is 1. The molecule has 0 spiro atoms. The lowest BCUT2D eigenvalue weighted by Gasteiger charge is -2.47. The number of thioether (sulfide) groups is 1. The molecule has 418 valence electrons. The number of alkyl halides is 1. The Morgan fingerprint density at radius 1 is 0.986 bits per heavy atom. The minimum atomic E-state index is -1.85. The van der Waals surface area contributed by atoms with Crippen molar-refractivity contribution in [2.24, 2.45) is 11.8 Å². The highest BCUT2D eigenvalue weighted by Gasteiger charge is 2.51. The fourth-order valence-electron chi connectivity index (χ4n) is 10.8. The molecular formula is C52H88FN5O14S. The van der Waals surface area contributed by atoms with Gasteiger partial charge in [0.05, 0.1) is 53.8 Å². The van der Waals surface area contributed by atoms with Crippen LogP contribution in [-0.4, -0.2) is 212 Å². The van der Waals surface area contributed by atoms with E-state index in [-0.39, 0.29) is 38.2 Å². The van der Waals surface area contributed by atoms with Crippen LogP contribution in [0.4, 0.5) is 4.39 Å². The molecule has 21 heteroatoms. The van der Waals surface area contributed by atoms with Crippen molar-refractivity contribution < 1.29 is 73.0 Å². The smallest absolute Gasteiger partial charge is 0.311 e. The second kappa shape index (κ2) is 26.7. The minimum Gasteiger partial charge on any atom is -0.459 e. The highest BCUT2D eigenvalue weighted by Crippen LogP contribution is 2.39. The van der Waals surface area contributed by atoms with Gasteiger partial charge in [0.15, 0.2) is 12.6 Å². The zero-order valence-corrected chi connectivity index (χ0v) is 46.2. The van der Waals surface area contributed by atoms with Crippen molar-refractivity contribution in [2.75, 3.05) is 60.4 Å². The number of rotatable bonds is 18. The third-order valence-electron chi connectivity index (χ3n) is 15.7. The number of likely N-dealkylation sites (N-methyl/N-ethyl adjacent to an activating group) is 2. The summed E-state index contributed by atoms with van der Waals surface area (Å²) in [5, 5.41) is 77.3. The van der Waals surface area contributed by atoms with Crippen LogP contribution in [0.3, 0.4) is 0 Å². The zero-order chi connectivity index (χ0) is 54.2. The molecule has 3 aliphatic heterocycles. The number of nitrogens with zero attached hydrogens (tertiary/aromatic N) is 5. The summed E-state index contributed by atoms with van der Waals surface area (Å²) in [5.74, 6) is -1.43. The predicted molar refractivity (Wildman–Crippen MR) is 271 cm³/mol. The lowest BCUT2D eigenvalue weighted by atomic mass is 9.83. The van der Waals surface area contributed by atoms with Crippen molar-refractivity contribution in [2.45, 2.75) is 208 Å². The molecule has 5 rings (SSSR count). The molecule has 1 aromatic carbocycles. The van der Waals surface area contributed by atoms with E-state index in [1.807, 2.05) is 62.0 Å². The van der Waals surface area contributed by atoms with Crippen LogP contribution < -0.4 is 0 Å². The quantitative estimate of drug-likeness (QED) is 0.0918. The van der Waals surface area contributed by atoms with Crippen molar-refractivity contribution in [3.05, 3.63) is 41.7 Å². The molecule has 0 aliphatic carbocycles. The van der Waals surface area contributed by atoms with Gasteiger partial charge in [-0.3, -0.25) is 4.79 Å². The number of hydrogen-bond acceptors (Lipinski definition) is 19. The number of aliphatic hydroxyl groups excluding tert-OH is 4. The van der Waals surface area contributed by atoms with E-state index in [9.17, 15) is 39.8 Å². The number of aliphatic hydroxyl groups is 6. The van der Waals surface area contributed by atoms with Gasteiger partial charge in [0.25, 0.3) is 0 Å². The number of cyclic esters (lactones) is 1. The summed E-state index contributed by atoms with van der Waals surface area (Å²) in [5.41, 5.74) is -3.17. The Balaban J connectivity index is 1.40. The normalized spacial score (nSPS) is 38.6. The van der Waals surface area contributed by atoms with Crippen LogP contribution in [-0.2, 0) is 44.4 Å². The SMILES string of the molecule is CC[C@H]1OC(=O)[C@H](C)[C@@H](O[C@H]2C[C@@](C)(OC)[C@@H](O)[C@H](C)O2)C[C@@H](O[C@@H]2O[C@H](C)C[C@H](N(C)CCc3cn([C@H](CF)[C@H](OC)c4ccc(SCCO)cc4)nn3)[C@H]2O)[C@](C)(O)C[C@@H](C)CN(C)[C@H](C)[C@@H](O)[C@]1(C)O. The highest BCUT2D eigenvalue weighted by molar-refractivity contribution is 7.99. The molecule has 19 nitrogen and oxygen atoms in total. The number of hydrogen-bond donors (Lipinski definition) is 6. The first-order chi connectivity index (χ1) is 34.3. The van der Waals surface area contributed by atoms with Crippen molar-refractivity contribution >= 4 is 17.7 Å². The summed E-state index contributed by atoms with van der Waals surface area (Å²) >= 11 is 1.52. The monoisotopic (exact) mass is 1060 g/mol. The number of halogens is 1. The summed E-state index contributed by atoms with van der Waals surface area (Å²) in [6.07, 6.45) is -7.95. The molecule has 4 heterocycles. The molecule has 1 aromatic heterocycles. The maximum absolute atomic E-state index is 14.8. The molecule has 0 amide bonds. The van der Waals surface area contributed by atoms with E-state index in [0.717, 1.165) is 10.5 Å². The van der Waals surface area contributed by atoms with Crippen LogP contribution in [0.2, 0.25) is 0 Å². The van der Waals surface area contributed by atoms with Gasteiger partial charge in [-0.05, 0) is 105 Å². The first-order valence-electron chi connectivity index (χ1n) is 25.9. The Kier molecular flexibility index (Phi) is 22.5. The molecule has 0 saturated carbocycles. The standard InChI is InChI=1S/C52H88FN5O14S/c1-14-41-52(9,65)46(61)33(5)57(11)28-30(2)25-50(7,64)42(24-40(32(4)48(63)71-41)70-43-26-51(8,67-13)47(62)34(6)69-43)72-49-44(60)38(23-31(3)68-49)56(10)20-19-36-29-58(55-54-36)39(27-53)45(66-12)35-15-17-37(18-16-35)73-22-21-59/h15-18,29-34,38-47,49,59-62,64-65H,14,19-28H2,1-13H3/t30-,31-,32-,33-,34+,38+,39-,40+,41-,42-,43+,44-,45-,46-,47+,49+,50-,51-,52-/m1/s1. The van der Waals surface area contributed by atoms with Gasteiger partial charge in [-0.2, -0.15) is 0 Å². The molecule has 19 atom stereocenters. The third kappa shape index (κ3) is 15.2. The van der Waals surface area contributed by atoms with Crippen LogP contribution in [0.1, 0.15) is 118 Å². The number of methoxy groups -OCH3 is 2. The molecule has 73 heavy (non-hydrogen) atoms. The minimum absolute atomic E-state index is 0.0636. The van der Waals surface area contributed by atoms with Crippen LogP contribution in [0.25, 0.3) is 0 Å². The zero-order valence-electron chi connectivity index (χ0n) is 45.4. The van der Waals surface area contributed by atoms with Gasteiger partial charge in [-0.15, -0.1) is 16.9 Å². The Morgan fingerprint density at radius 2 is 1.67 bits per heavy atom. The van der Waals surface area contributed by atoms with Gasteiger partial charge < -0.3 is 73.6 Å². The van der Waals surface area contributed by atoms with Crippen molar-refractivity contribution in [1.29, 1.82) is 0 Å². The molecule has 0 radical (unpaired) electrons. The first kappa shape index (κ1) is 61.4. The number of ether oxygens (including phenoxy) is 7. The van der Waals surface area contributed by atoms with E-state index in [4.69, 9.17) is 33.2 Å². The predicted octanol–water partition coefficient (Wildman–Crippen LogP) is 3.84. The topological polar surface area (TPSA) is 240 Å². The van der Waals surface area contributed by atoms with E-state index in [1.165, 1.54) is 37.6 Å². The van der Waals surface area contributed by atoms with Gasteiger partial charge >= 0.3 is 5.97 Å². The summed E-state index contributed by atoms with van der Waals surface area (Å²) in [7, 11) is 6.72. The molecule has 6 N–H and O–H groups in total. The lowest BCUT2D eigenvalue weighted by Crippen LogP contribution is -2.59. The van der Waals surface area contributed by atoms with E-state index in [0.29, 0.717) is 37.4 Å². The van der Waals surface area contributed by atoms with Crippen LogP contribution in [0.5, 0.6) is 0 Å². The fraction of sp³-hybridized carbons (Fsp3) is 0.827. The second-order valence-electron chi connectivity index (χ2n) is 21.7. The molecule has 3 saturated heterocycles. The Morgan fingerprint density at radius 3 is 2.29 bits per heavy atom. The largest absolute Gasteiger partial charge is 0.459 e. The third-order valence-corrected chi connectivity index (χ3v) is 16.7. The highest BCUT2D eigenvalue weighted by atomic mass is 32.2. The molecule has 2 aromatic rings. The number of aromatic nitrogens is 3. The van der Waals surface area contributed by atoms with Crippen LogP contribution in [0, 0.1) is 11.8 Å². The molecule has 0 unspecified atom stereocenters. The Labute approximate surface area is 436 Å². The van der Waals surface area contributed by atoms with Crippen LogP contribution in [0.15, 0.2) is 35.4 Å². The summed E-state index contributed by atoms with van der Waals surface area (Å²) < 4.78 is 59.9. The summed E-state index contributed by atoms with van der Waals surface area (Å²) in [6, 6.07) is 5.73. The van der Waals surface area contributed by atoms with Gasteiger partial charge in [0.2, 0.25) is 0 Å². The lowest BCUT2D eigenvalue weighted by molar-refractivity contribution is -0.308. The number of carbonyl (C=O) groups is 1. The fourth-order valence-corrected chi connectivity index (χ4v) is 11.5. The van der Waals surface area contributed by atoms with Gasteiger partial charge in [0.1, 0.15) is 48.8 Å². The van der Waals surface area contributed by atoms with Crippen LogP contribution >= 0.6 is 11.8 Å². The molecule has 3 aliphatic rings. The maximum Gasteiger partial charge on any atom is 0.311 e. The summed E-state index contributed by atoms with van der Waals surface area (Å²) in [4.78, 5) is 19.2. The Bertz CT molecular complexity index is 1990. The summed E-state index contributed by atoms with van der Waals surface area (Å²) in [6.45, 7) is 15.7. The number of esters is 1. The second-order valence-corrected chi connectivity index (χ2v) is 22.8. The maximum atomic E-state index is 14.8. The molecular weight excluding hydrogens is 970 g/mol. The molecule has 0 bridgehead atoms. The van der Waals surface area contributed by atoms with E-state index < -0.39 is 121 Å². The Hall–Kier alpha value is -2.45. The average molecular weight is 1060 g/mol. The molecule has 3 fully saturated rings. The first-order valence-corrected chi connectivity index (χ1v) is 26.9. The average Bonchev–Trinajstić information content (AvgIpc) is 3.82.